The maximum atomic E-state index is 12.0. The number of carbonyl (C=O) groups is 2. The highest BCUT2D eigenvalue weighted by atomic mass is 35.5. The molecule has 2 aliphatic rings. The minimum absolute atomic E-state index is 0. The maximum absolute atomic E-state index is 12.0. The summed E-state index contributed by atoms with van der Waals surface area (Å²) in [5.74, 6) is -0.0116. The van der Waals surface area contributed by atoms with Gasteiger partial charge in [-0.15, -0.1) is 12.4 Å². The lowest BCUT2D eigenvalue weighted by molar-refractivity contribution is -0.117. The molecule has 25 heavy (non-hydrogen) atoms. The van der Waals surface area contributed by atoms with Gasteiger partial charge in [0, 0.05) is 24.5 Å². The number of amides is 3. The van der Waals surface area contributed by atoms with Crippen LogP contribution in [-0.4, -0.2) is 43.8 Å². The van der Waals surface area contributed by atoms with Crippen LogP contribution in [0.4, 0.5) is 16.2 Å². The van der Waals surface area contributed by atoms with E-state index in [1.807, 2.05) is 0 Å². The Balaban J connectivity index is 0.00000225. The molecule has 1 aromatic rings. The number of carbonyl (C=O) groups excluding carboxylic acids is 2. The van der Waals surface area contributed by atoms with Gasteiger partial charge in [0.1, 0.15) is 0 Å². The number of halogens is 1. The van der Waals surface area contributed by atoms with Gasteiger partial charge >= 0.3 is 6.03 Å². The van der Waals surface area contributed by atoms with E-state index in [1.54, 1.807) is 24.3 Å². The van der Waals surface area contributed by atoms with Crippen molar-refractivity contribution in [3.63, 3.8) is 0 Å². The fourth-order valence-corrected chi connectivity index (χ4v) is 2.96. The first kappa shape index (κ1) is 19.5. The first-order chi connectivity index (χ1) is 11.7. The third kappa shape index (κ3) is 5.88. The second kappa shape index (κ2) is 9.60. The summed E-state index contributed by atoms with van der Waals surface area (Å²) in [7, 11) is 0. The molecule has 0 spiro atoms. The monoisotopic (exact) mass is 368 g/mol. The molecule has 8 heteroatoms. The lowest BCUT2D eigenvalue weighted by atomic mass is 10.2. The van der Waals surface area contributed by atoms with Crippen LogP contribution in [0.15, 0.2) is 24.3 Å². The van der Waals surface area contributed by atoms with E-state index in [0.717, 1.165) is 44.5 Å². The molecular weight excluding hydrogens is 344 g/mol. The summed E-state index contributed by atoms with van der Waals surface area (Å²) in [5.41, 5.74) is 1.40. The van der Waals surface area contributed by atoms with Gasteiger partial charge in [-0.25, -0.2) is 4.79 Å². The van der Waals surface area contributed by atoms with Crippen LogP contribution in [0.5, 0.6) is 0 Å². The fraction of sp³-hybridized carbons (Fsp3) is 0.529. The topological polar surface area (TPSA) is 91.5 Å². The van der Waals surface area contributed by atoms with Crippen molar-refractivity contribution >= 4 is 35.7 Å². The Labute approximate surface area is 153 Å². The van der Waals surface area contributed by atoms with Gasteiger partial charge in [0.2, 0.25) is 5.91 Å². The lowest BCUT2D eigenvalue weighted by Gasteiger charge is -2.13. The van der Waals surface area contributed by atoms with E-state index in [9.17, 15) is 9.59 Å². The first-order valence-corrected chi connectivity index (χ1v) is 8.51. The third-order valence-electron chi connectivity index (χ3n) is 4.30. The minimum Gasteiger partial charge on any atom is -0.376 e. The molecule has 0 aliphatic carbocycles. The van der Waals surface area contributed by atoms with E-state index >= 15 is 0 Å². The van der Waals surface area contributed by atoms with Gasteiger partial charge in [0.25, 0.3) is 0 Å². The summed E-state index contributed by atoms with van der Waals surface area (Å²) in [6.07, 6.45) is 4.07. The summed E-state index contributed by atoms with van der Waals surface area (Å²) >= 11 is 0. The zero-order chi connectivity index (χ0) is 16.8. The average Bonchev–Trinajstić information content (AvgIpc) is 3.28. The summed E-state index contributed by atoms with van der Waals surface area (Å²) < 4.78 is 5.46. The summed E-state index contributed by atoms with van der Waals surface area (Å²) in [4.78, 5) is 23.9. The molecule has 1 aromatic carbocycles. The van der Waals surface area contributed by atoms with Gasteiger partial charge in [0.05, 0.1) is 12.1 Å². The van der Waals surface area contributed by atoms with E-state index in [1.165, 1.54) is 0 Å². The molecule has 0 radical (unpaired) electrons. The van der Waals surface area contributed by atoms with Gasteiger partial charge < -0.3 is 26.0 Å². The number of nitrogens with one attached hydrogen (secondary N) is 4. The molecular formula is C17H25ClN4O3. The number of rotatable bonds is 5. The van der Waals surface area contributed by atoms with Crippen LogP contribution in [0, 0.1) is 0 Å². The Morgan fingerprint density at radius 2 is 1.80 bits per heavy atom. The predicted octanol–water partition coefficient (Wildman–Crippen LogP) is 2.10. The summed E-state index contributed by atoms with van der Waals surface area (Å²) in [5, 5.41) is 11.6. The quantitative estimate of drug-likeness (QED) is 0.640. The molecule has 0 saturated carbocycles. The number of urea groups is 1. The molecule has 2 saturated heterocycles. The summed E-state index contributed by atoms with van der Waals surface area (Å²) in [6.45, 7) is 2.19. The highest BCUT2D eigenvalue weighted by Gasteiger charge is 2.21. The Morgan fingerprint density at radius 1 is 1.08 bits per heavy atom. The van der Waals surface area contributed by atoms with Gasteiger partial charge in [0.15, 0.2) is 0 Å². The second-order valence-electron chi connectivity index (χ2n) is 6.19. The molecule has 2 aliphatic heterocycles. The SMILES string of the molecule is Cl.O=C(NCC1CCCO1)Nc1ccc(NC(=O)C2CCCN2)cc1. The van der Waals surface area contributed by atoms with Gasteiger partial charge in [-0.3, -0.25) is 4.79 Å². The van der Waals surface area contributed by atoms with Crippen molar-refractivity contribution in [2.75, 3.05) is 30.3 Å². The number of ether oxygens (including phenoxy) is 1. The molecule has 0 aromatic heterocycles. The first-order valence-electron chi connectivity index (χ1n) is 8.51. The van der Waals surface area contributed by atoms with Gasteiger partial charge in [-0.2, -0.15) is 0 Å². The molecule has 2 atom stereocenters. The Bertz CT molecular complexity index is 570. The molecule has 4 N–H and O–H groups in total. The molecule has 3 amide bonds. The average molecular weight is 369 g/mol. The van der Waals surface area contributed by atoms with E-state index in [-0.39, 0.29) is 36.5 Å². The van der Waals surface area contributed by atoms with E-state index in [2.05, 4.69) is 21.3 Å². The fourth-order valence-electron chi connectivity index (χ4n) is 2.96. The lowest BCUT2D eigenvalue weighted by Crippen LogP contribution is -2.35. The van der Waals surface area contributed by atoms with Crippen molar-refractivity contribution in [3.8, 4) is 0 Å². The molecule has 7 nitrogen and oxygen atoms in total. The zero-order valence-electron chi connectivity index (χ0n) is 14.0. The molecule has 0 bridgehead atoms. The van der Waals surface area contributed by atoms with Crippen LogP contribution in [0.2, 0.25) is 0 Å². The van der Waals surface area contributed by atoms with Crippen LogP contribution >= 0.6 is 12.4 Å². The second-order valence-corrected chi connectivity index (χ2v) is 6.19. The normalized spacial score (nSPS) is 22.1. The van der Waals surface area contributed by atoms with Gasteiger partial charge in [-0.05, 0) is 56.5 Å². The Morgan fingerprint density at radius 3 is 2.40 bits per heavy atom. The molecule has 2 fully saturated rings. The van der Waals surface area contributed by atoms with Crippen molar-refractivity contribution in [2.24, 2.45) is 0 Å². The van der Waals surface area contributed by atoms with Crippen LogP contribution in [0.25, 0.3) is 0 Å². The highest BCUT2D eigenvalue weighted by molar-refractivity contribution is 5.95. The number of hydrogen-bond acceptors (Lipinski definition) is 4. The zero-order valence-corrected chi connectivity index (χ0v) is 14.9. The van der Waals surface area contributed by atoms with Crippen LogP contribution in [0.3, 0.4) is 0 Å². The predicted molar refractivity (Wildman–Crippen MR) is 99.3 cm³/mol. The van der Waals surface area contributed by atoms with Crippen molar-refractivity contribution in [1.82, 2.24) is 10.6 Å². The number of hydrogen-bond donors (Lipinski definition) is 4. The third-order valence-corrected chi connectivity index (χ3v) is 4.30. The minimum atomic E-state index is -0.252. The maximum Gasteiger partial charge on any atom is 0.319 e. The summed E-state index contributed by atoms with van der Waals surface area (Å²) in [6, 6.07) is 6.74. The standard InChI is InChI=1S/C17H24N4O3.ClH/c22-16(15-4-1-9-18-15)20-12-5-7-13(8-6-12)21-17(23)19-11-14-3-2-10-24-14;/h5-8,14-15,18H,1-4,9-11H2,(H,20,22)(H2,19,21,23);1H. The Kier molecular flexibility index (Phi) is 7.49. The van der Waals surface area contributed by atoms with Crippen molar-refractivity contribution in [1.29, 1.82) is 0 Å². The Hall–Kier alpha value is -1.83. The van der Waals surface area contributed by atoms with Crippen molar-refractivity contribution in [3.05, 3.63) is 24.3 Å². The van der Waals surface area contributed by atoms with Crippen molar-refractivity contribution < 1.29 is 14.3 Å². The molecule has 3 rings (SSSR count). The van der Waals surface area contributed by atoms with Crippen LogP contribution < -0.4 is 21.3 Å². The van der Waals surface area contributed by atoms with Gasteiger partial charge in [-0.1, -0.05) is 0 Å². The number of benzene rings is 1. The smallest absolute Gasteiger partial charge is 0.319 e. The highest BCUT2D eigenvalue weighted by Crippen LogP contribution is 2.15. The molecule has 138 valence electrons. The van der Waals surface area contributed by atoms with E-state index < -0.39 is 0 Å². The van der Waals surface area contributed by atoms with E-state index in [0.29, 0.717) is 12.2 Å². The van der Waals surface area contributed by atoms with E-state index in [4.69, 9.17) is 4.74 Å². The van der Waals surface area contributed by atoms with Crippen LogP contribution in [-0.2, 0) is 9.53 Å². The number of anilines is 2. The van der Waals surface area contributed by atoms with Crippen LogP contribution in [0.1, 0.15) is 25.7 Å². The largest absolute Gasteiger partial charge is 0.376 e. The molecule has 2 heterocycles. The van der Waals surface area contributed by atoms with Crippen molar-refractivity contribution in [2.45, 2.75) is 37.8 Å². The molecule has 2 unspecified atom stereocenters.